The van der Waals surface area contributed by atoms with Gasteiger partial charge in [-0.15, -0.1) is 0 Å². The van der Waals surface area contributed by atoms with Crippen LogP contribution in [0.15, 0.2) is 30.3 Å². The van der Waals surface area contributed by atoms with Crippen molar-refractivity contribution < 1.29 is 29.4 Å². The van der Waals surface area contributed by atoms with Crippen LogP contribution in [0.2, 0.25) is 0 Å². The fourth-order valence-corrected chi connectivity index (χ4v) is 2.86. The molecule has 0 heterocycles. The summed E-state index contributed by atoms with van der Waals surface area (Å²) in [7, 11) is 0. The summed E-state index contributed by atoms with van der Waals surface area (Å²) in [5.41, 5.74) is 6.67. The zero-order valence-electron chi connectivity index (χ0n) is 15.5. The lowest BCUT2D eigenvalue weighted by Gasteiger charge is -2.22. The second kappa shape index (κ2) is 12.0. The molecule has 9 nitrogen and oxygen atoms in total. The van der Waals surface area contributed by atoms with Gasteiger partial charge < -0.3 is 26.6 Å². The largest absolute Gasteiger partial charge is 0.481 e. The highest BCUT2D eigenvalue weighted by molar-refractivity contribution is 7.98. The van der Waals surface area contributed by atoms with Crippen molar-refractivity contribution >= 4 is 35.5 Å². The van der Waals surface area contributed by atoms with Crippen LogP contribution in [-0.2, 0) is 25.6 Å². The SMILES string of the molecule is CSCCC(NC(=O)C(CC(=O)O)NC(=O)C(N)Cc1ccccc1)C(=O)O. The Morgan fingerprint density at radius 2 is 1.64 bits per heavy atom. The van der Waals surface area contributed by atoms with Crippen molar-refractivity contribution in [3.05, 3.63) is 35.9 Å². The molecular weight excluding hydrogens is 386 g/mol. The standard InChI is InChI=1S/C18H25N3O6S/c1-28-8-7-13(18(26)27)20-17(25)14(10-15(22)23)21-16(24)12(19)9-11-5-3-2-4-6-11/h2-6,12-14H,7-10,19H2,1H3,(H,20,25)(H,21,24)(H,22,23)(H,26,27). The number of hydrogen-bond acceptors (Lipinski definition) is 6. The van der Waals surface area contributed by atoms with E-state index < -0.39 is 48.3 Å². The van der Waals surface area contributed by atoms with Gasteiger partial charge in [-0.1, -0.05) is 30.3 Å². The van der Waals surface area contributed by atoms with E-state index in [9.17, 15) is 24.3 Å². The minimum atomic E-state index is -1.43. The number of carbonyl (C=O) groups is 4. The van der Waals surface area contributed by atoms with Gasteiger partial charge in [-0.2, -0.15) is 11.8 Å². The van der Waals surface area contributed by atoms with E-state index in [4.69, 9.17) is 10.8 Å². The number of benzene rings is 1. The Labute approximate surface area is 167 Å². The smallest absolute Gasteiger partial charge is 0.326 e. The fraction of sp³-hybridized carbons (Fsp3) is 0.444. The Morgan fingerprint density at radius 1 is 1.04 bits per heavy atom. The maximum absolute atomic E-state index is 12.4. The first-order chi connectivity index (χ1) is 13.2. The van der Waals surface area contributed by atoms with Crippen molar-refractivity contribution in [2.24, 2.45) is 5.73 Å². The Bertz CT molecular complexity index is 685. The van der Waals surface area contributed by atoms with Gasteiger partial charge in [0.2, 0.25) is 11.8 Å². The predicted octanol–water partition coefficient (Wildman–Crippen LogP) is -0.162. The third kappa shape index (κ3) is 8.40. The Hall–Kier alpha value is -2.59. The molecule has 3 atom stereocenters. The van der Waals surface area contributed by atoms with Crippen LogP contribution in [-0.4, -0.2) is 64.1 Å². The van der Waals surface area contributed by atoms with Crippen LogP contribution < -0.4 is 16.4 Å². The summed E-state index contributed by atoms with van der Waals surface area (Å²) in [5.74, 6) is -3.62. The highest BCUT2D eigenvalue weighted by atomic mass is 32.2. The van der Waals surface area contributed by atoms with Crippen LogP contribution in [0, 0.1) is 0 Å². The first-order valence-electron chi connectivity index (χ1n) is 8.58. The molecule has 154 valence electrons. The van der Waals surface area contributed by atoms with Gasteiger partial charge in [-0.3, -0.25) is 14.4 Å². The van der Waals surface area contributed by atoms with Crippen LogP contribution in [0.25, 0.3) is 0 Å². The van der Waals surface area contributed by atoms with Gasteiger partial charge in [0.25, 0.3) is 0 Å². The predicted molar refractivity (Wildman–Crippen MR) is 105 cm³/mol. The van der Waals surface area contributed by atoms with E-state index in [1.165, 1.54) is 11.8 Å². The molecule has 3 unspecified atom stereocenters. The zero-order chi connectivity index (χ0) is 21.1. The van der Waals surface area contributed by atoms with E-state index in [0.29, 0.717) is 5.75 Å². The zero-order valence-corrected chi connectivity index (χ0v) is 16.3. The molecule has 0 bridgehead atoms. The van der Waals surface area contributed by atoms with Crippen molar-refractivity contribution in [2.75, 3.05) is 12.0 Å². The summed E-state index contributed by atoms with van der Waals surface area (Å²) >= 11 is 1.41. The van der Waals surface area contributed by atoms with Gasteiger partial charge in [0.05, 0.1) is 12.5 Å². The molecule has 28 heavy (non-hydrogen) atoms. The summed E-state index contributed by atoms with van der Waals surface area (Å²) in [6.45, 7) is 0. The lowest BCUT2D eigenvalue weighted by atomic mass is 10.1. The average Bonchev–Trinajstić information content (AvgIpc) is 2.64. The lowest BCUT2D eigenvalue weighted by Crippen LogP contribution is -2.55. The molecule has 1 aromatic rings. The highest BCUT2D eigenvalue weighted by Crippen LogP contribution is 2.05. The quantitative estimate of drug-likeness (QED) is 0.317. The number of nitrogens with one attached hydrogen (secondary N) is 2. The van der Waals surface area contributed by atoms with Gasteiger partial charge in [0.15, 0.2) is 0 Å². The van der Waals surface area contributed by atoms with Crippen molar-refractivity contribution in [1.82, 2.24) is 10.6 Å². The van der Waals surface area contributed by atoms with Crippen LogP contribution in [0.4, 0.5) is 0 Å². The maximum atomic E-state index is 12.4. The fourth-order valence-electron chi connectivity index (χ4n) is 2.39. The molecule has 0 saturated heterocycles. The summed E-state index contributed by atoms with van der Waals surface area (Å²) in [6.07, 6.45) is 1.48. The van der Waals surface area contributed by atoms with Crippen molar-refractivity contribution in [1.29, 1.82) is 0 Å². The van der Waals surface area contributed by atoms with Crippen LogP contribution in [0.1, 0.15) is 18.4 Å². The van der Waals surface area contributed by atoms with Crippen LogP contribution >= 0.6 is 11.8 Å². The number of carbonyl (C=O) groups excluding carboxylic acids is 2. The summed E-state index contributed by atoms with van der Waals surface area (Å²) in [4.78, 5) is 47.0. The average molecular weight is 411 g/mol. The molecule has 0 fully saturated rings. The second-order valence-electron chi connectivity index (χ2n) is 6.14. The molecule has 0 radical (unpaired) electrons. The monoisotopic (exact) mass is 411 g/mol. The van der Waals surface area contributed by atoms with E-state index >= 15 is 0 Å². The molecule has 0 aliphatic carbocycles. The van der Waals surface area contributed by atoms with Crippen LogP contribution in [0.5, 0.6) is 0 Å². The molecule has 0 saturated carbocycles. The van der Waals surface area contributed by atoms with E-state index in [1.807, 2.05) is 6.07 Å². The number of thioether (sulfide) groups is 1. The number of amides is 2. The Kier molecular flexibility index (Phi) is 10.0. The maximum Gasteiger partial charge on any atom is 0.326 e. The molecule has 1 rings (SSSR count). The Balaban J connectivity index is 2.77. The Morgan fingerprint density at radius 3 is 2.18 bits per heavy atom. The number of hydrogen-bond donors (Lipinski definition) is 5. The first kappa shape index (κ1) is 23.4. The number of aliphatic carboxylic acids is 2. The molecule has 0 aliphatic heterocycles. The molecular formula is C18H25N3O6S. The number of nitrogens with two attached hydrogens (primary N) is 1. The van der Waals surface area contributed by atoms with E-state index in [-0.39, 0.29) is 12.8 Å². The van der Waals surface area contributed by atoms with E-state index in [1.54, 1.807) is 30.5 Å². The van der Waals surface area contributed by atoms with E-state index in [2.05, 4.69) is 10.6 Å². The minimum Gasteiger partial charge on any atom is -0.481 e. The molecule has 1 aromatic carbocycles. The third-order valence-corrected chi connectivity index (χ3v) is 4.52. The molecule has 10 heteroatoms. The minimum absolute atomic E-state index is 0.170. The number of rotatable bonds is 12. The molecule has 2 amide bonds. The summed E-state index contributed by atoms with van der Waals surface area (Å²) in [6, 6.07) is 5.39. The van der Waals surface area contributed by atoms with Crippen molar-refractivity contribution in [2.45, 2.75) is 37.4 Å². The second-order valence-corrected chi connectivity index (χ2v) is 7.12. The van der Waals surface area contributed by atoms with Crippen LogP contribution in [0.3, 0.4) is 0 Å². The van der Waals surface area contributed by atoms with Gasteiger partial charge in [0, 0.05) is 0 Å². The van der Waals surface area contributed by atoms with Crippen molar-refractivity contribution in [3.8, 4) is 0 Å². The van der Waals surface area contributed by atoms with Gasteiger partial charge in [-0.25, -0.2) is 4.79 Å². The molecule has 6 N–H and O–H groups in total. The van der Waals surface area contributed by atoms with E-state index in [0.717, 1.165) is 5.56 Å². The summed E-state index contributed by atoms with van der Waals surface area (Å²) < 4.78 is 0. The normalized spacial score (nSPS) is 13.8. The topological polar surface area (TPSA) is 159 Å². The first-order valence-corrected chi connectivity index (χ1v) is 9.97. The highest BCUT2D eigenvalue weighted by Gasteiger charge is 2.29. The summed E-state index contributed by atoms with van der Waals surface area (Å²) in [5, 5.41) is 22.8. The van der Waals surface area contributed by atoms with Gasteiger partial charge in [-0.05, 0) is 30.4 Å². The molecule has 0 spiro atoms. The lowest BCUT2D eigenvalue weighted by molar-refractivity contribution is -0.143. The van der Waals surface area contributed by atoms with Crippen molar-refractivity contribution in [3.63, 3.8) is 0 Å². The third-order valence-electron chi connectivity index (χ3n) is 3.87. The van der Waals surface area contributed by atoms with Gasteiger partial charge >= 0.3 is 11.9 Å². The molecule has 0 aliphatic rings. The van der Waals surface area contributed by atoms with Gasteiger partial charge in [0.1, 0.15) is 12.1 Å². The molecule has 0 aromatic heterocycles. The number of carboxylic acid groups (broad SMARTS) is 2. The number of carboxylic acids is 2.